The number of urea groups is 1. The molecule has 0 heterocycles. The van der Waals surface area contributed by atoms with E-state index in [9.17, 15) is 14.4 Å². The number of nitrogens with one attached hydrogen (secondary N) is 1. The van der Waals surface area contributed by atoms with Gasteiger partial charge in [-0.15, -0.1) is 0 Å². The van der Waals surface area contributed by atoms with Gasteiger partial charge in [0.2, 0.25) is 5.91 Å². The van der Waals surface area contributed by atoms with E-state index in [1.54, 1.807) is 11.8 Å². The number of rotatable bonds is 7. The lowest BCUT2D eigenvalue weighted by atomic mass is 10.0. The molecule has 2 unspecified atom stereocenters. The van der Waals surface area contributed by atoms with Crippen LogP contribution in [0.3, 0.4) is 0 Å². The number of likely N-dealkylation sites (N-methyl/N-ethyl adjacent to an activating group) is 2. The molecule has 3 amide bonds. The van der Waals surface area contributed by atoms with Crippen LogP contribution in [0.2, 0.25) is 0 Å². The van der Waals surface area contributed by atoms with E-state index in [0.29, 0.717) is 13.1 Å². The molecule has 2 N–H and O–H groups in total. The van der Waals surface area contributed by atoms with Crippen molar-refractivity contribution < 1.29 is 19.5 Å². The van der Waals surface area contributed by atoms with Crippen LogP contribution in [-0.4, -0.2) is 65.5 Å². The normalized spacial score (nSPS) is 13.2. The van der Waals surface area contributed by atoms with E-state index in [1.807, 2.05) is 13.8 Å². The van der Waals surface area contributed by atoms with E-state index in [2.05, 4.69) is 5.32 Å². The van der Waals surface area contributed by atoms with E-state index in [4.69, 9.17) is 5.11 Å². The molecule has 0 aromatic carbocycles. The molecule has 0 spiro atoms. The minimum absolute atomic E-state index is 0.0261. The first-order chi connectivity index (χ1) is 9.24. The predicted molar refractivity (Wildman–Crippen MR) is 75.4 cm³/mol. The quantitative estimate of drug-likeness (QED) is 0.717. The fourth-order valence-electron chi connectivity index (χ4n) is 1.59. The summed E-state index contributed by atoms with van der Waals surface area (Å²) in [6, 6.07) is -0.961. The SMILES string of the molecule is CCN(CC)C(=O)CN(C)C(=O)NC(C)C(C)C(=O)O. The minimum Gasteiger partial charge on any atom is -0.481 e. The zero-order chi connectivity index (χ0) is 15.9. The van der Waals surface area contributed by atoms with Crippen LogP contribution in [0.25, 0.3) is 0 Å². The molecule has 2 atom stereocenters. The van der Waals surface area contributed by atoms with Crippen LogP contribution in [0.5, 0.6) is 0 Å². The Balaban J connectivity index is 4.42. The van der Waals surface area contributed by atoms with Gasteiger partial charge in [-0.05, 0) is 27.7 Å². The zero-order valence-electron chi connectivity index (χ0n) is 12.8. The number of hydrogen-bond donors (Lipinski definition) is 2. The lowest BCUT2D eigenvalue weighted by Gasteiger charge is -2.25. The van der Waals surface area contributed by atoms with Gasteiger partial charge in [-0.3, -0.25) is 9.59 Å². The maximum Gasteiger partial charge on any atom is 0.317 e. The van der Waals surface area contributed by atoms with Gasteiger partial charge < -0.3 is 20.2 Å². The van der Waals surface area contributed by atoms with Crippen molar-refractivity contribution in [2.75, 3.05) is 26.7 Å². The van der Waals surface area contributed by atoms with E-state index in [0.717, 1.165) is 0 Å². The van der Waals surface area contributed by atoms with Crippen molar-refractivity contribution in [3.8, 4) is 0 Å². The average Bonchev–Trinajstić information content (AvgIpc) is 2.38. The maximum atomic E-state index is 11.9. The van der Waals surface area contributed by atoms with Gasteiger partial charge in [0.25, 0.3) is 0 Å². The first kappa shape index (κ1) is 18.2. The Morgan fingerprint density at radius 3 is 2.05 bits per heavy atom. The summed E-state index contributed by atoms with van der Waals surface area (Å²) in [6.07, 6.45) is 0. The van der Waals surface area contributed by atoms with Crippen LogP contribution in [0.15, 0.2) is 0 Å². The Hall–Kier alpha value is -1.79. The number of carbonyl (C=O) groups is 3. The van der Waals surface area contributed by atoms with Crippen LogP contribution < -0.4 is 5.32 Å². The fourth-order valence-corrected chi connectivity index (χ4v) is 1.59. The molecule has 0 saturated carbocycles. The highest BCUT2D eigenvalue weighted by molar-refractivity contribution is 5.84. The monoisotopic (exact) mass is 287 g/mol. The van der Waals surface area contributed by atoms with E-state index >= 15 is 0 Å². The maximum absolute atomic E-state index is 11.9. The molecule has 0 rings (SSSR count). The number of carboxylic acid groups (broad SMARTS) is 1. The number of carboxylic acids is 1. The summed E-state index contributed by atoms with van der Waals surface area (Å²) in [5.41, 5.74) is 0. The summed E-state index contributed by atoms with van der Waals surface area (Å²) in [7, 11) is 1.51. The molecule has 7 heteroatoms. The Morgan fingerprint density at radius 1 is 1.15 bits per heavy atom. The van der Waals surface area contributed by atoms with Gasteiger partial charge in [-0.1, -0.05) is 0 Å². The van der Waals surface area contributed by atoms with Crippen molar-refractivity contribution in [1.29, 1.82) is 0 Å². The van der Waals surface area contributed by atoms with Gasteiger partial charge in [0.15, 0.2) is 0 Å². The van der Waals surface area contributed by atoms with Crippen molar-refractivity contribution in [3.63, 3.8) is 0 Å². The second kappa shape index (κ2) is 8.39. The topological polar surface area (TPSA) is 90.0 Å². The summed E-state index contributed by atoms with van der Waals surface area (Å²) in [5, 5.41) is 11.4. The number of nitrogens with zero attached hydrogens (tertiary/aromatic N) is 2. The van der Waals surface area contributed by atoms with Crippen LogP contribution in [0, 0.1) is 5.92 Å². The molecule has 116 valence electrons. The van der Waals surface area contributed by atoms with Crippen molar-refractivity contribution in [3.05, 3.63) is 0 Å². The Bertz CT molecular complexity index is 356. The van der Waals surface area contributed by atoms with Crippen molar-refractivity contribution in [1.82, 2.24) is 15.1 Å². The molecule has 0 aromatic rings. The predicted octanol–water partition coefficient (Wildman–Crippen LogP) is 0.605. The third-order valence-corrected chi connectivity index (χ3v) is 3.33. The minimum atomic E-state index is -0.973. The molecular weight excluding hydrogens is 262 g/mol. The van der Waals surface area contributed by atoms with Crippen molar-refractivity contribution in [2.24, 2.45) is 5.92 Å². The van der Waals surface area contributed by atoms with Crippen LogP contribution in [0.4, 0.5) is 4.79 Å². The third-order valence-electron chi connectivity index (χ3n) is 3.33. The van der Waals surface area contributed by atoms with Gasteiger partial charge in [0.05, 0.1) is 5.92 Å². The van der Waals surface area contributed by atoms with E-state index in [1.165, 1.54) is 18.9 Å². The standard InChI is InChI=1S/C13H25N3O4/c1-6-16(7-2)11(17)8-15(5)13(20)14-10(4)9(3)12(18)19/h9-10H,6-8H2,1-5H3,(H,14,20)(H,18,19). The highest BCUT2D eigenvalue weighted by Gasteiger charge is 2.23. The molecule has 7 nitrogen and oxygen atoms in total. The fraction of sp³-hybridized carbons (Fsp3) is 0.769. The summed E-state index contributed by atoms with van der Waals surface area (Å²) in [5.74, 6) is -1.79. The largest absolute Gasteiger partial charge is 0.481 e. The summed E-state index contributed by atoms with van der Waals surface area (Å²) < 4.78 is 0. The Morgan fingerprint density at radius 2 is 1.65 bits per heavy atom. The second-order valence-corrected chi connectivity index (χ2v) is 4.79. The third kappa shape index (κ3) is 5.46. The lowest BCUT2D eigenvalue weighted by molar-refractivity contribution is -0.141. The van der Waals surface area contributed by atoms with E-state index < -0.39 is 24.0 Å². The van der Waals surface area contributed by atoms with Gasteiger partial charge >= 0.3 is 12.0 Å². The zero-order valence-corrected chi connectivity index (χ0v) is 12.8. The number of aliphatic carboxylic acids is 1. The summed E-state index contributed by atoms with van der Waals surface area (Å²) >= 11 is 0. The van der Waals surface area contributed by atoms with Gasteiger partial charge in [0.1, 0.15) is 6.54 Å². The molecule has 0 radical (unpaired) electrons. The van der Waals surface area contributed by atoms with Crippen LogP contribution in [0.1, 0.15) is 27.7 Å². The average molecular weight is 287 g/mol. The molecule has 0 saturated heterocycles. The number of hydrogen-bond acceptors (Lipinski definition) is 3. The first-order valence-corrected chi connectivity index (χ1v) is 6.76. The summed E-state index contributed by atoms with van der Waals surface area (Å²) in [6.45, 7) is 8.05. The molecule has 0 aliphatic rings. The second-order valence-electron chi connectivity index (χ2n) is 4.79. The van der Waals surface area contributed by atoms with Gasteiger partial charge in [-0.2, -0.15) is 0 Å². The molecule has 0 aromatic heterocycles. The van der Waals surface area contributed by atoms with Crippen LogP contribution in [-0.2, 0) is 9.59 Å². The number of carbonyl (C=O) groups excluding carboxylic acids is 2. The molecular formula is C13H25N3O4. The molecule has 0 aliphatic carbocycles. The van der Waals surface area contributed by atoms with Crippen molar-refractivity contribution >= 4 is 17.9 Å². The molecule has 0 bridgehead atoms. The molecule has 0 fully saturated rings. The smallest absolute Gasteiger partial charge is 0.317 e. The van der Waals surface area contributed by atoms with Gasteiger partial charge in [0, 0.05) is 26.2 Å². The Kier molecular flexibility index (Phi) is 7.64. The molecule has 20 heavy (non-hydrogen) atoms. The lowest BCUT2D eigenvalue weighted by Crippen LogP contribution is -2.49. The highest BCUT2D eigenvalue weighted by atomic mass is 16.4. The molecule has 0 aliphatic heterocycles. The van der Waals surface area contributed by atoms with Gasteiger partial charge in [-0.25, -0.2) is 4.79 Å². The number of amides is 3. The van der Waals surface area contributed by atoms with E-state index in [-0.39, 0.29) is 12.5 Å². The van der Waals surface area contributed by atoms with Crippen molar-refractivity contribution in [2.45, 2.75) is 33.7 Å². The Labute approximate surface area is 119 Å². The highest BCUT2D eigenvalue weighted by Crippen LogP contribution is 2.03. The van der Waals surface area contributed by atoms with Crippen LogP contribution >= 0.6 is 0 Å². The first-order valence-electron chi connectivity index (χ1n) is 6.76. The summed E-state index contributed by atoms with van der Waals surface area (Å²) in [4.78, 5) is 37.4.